The van der Waals surface area contributed by atoms with Gasteiger partial charge in [0.15, 0.2) is 0 Å². The summed E-state index contributed by atoms with van der Waals surface area (Å²) in [7, 11) is 0. The number of nitrogens with zero attached hydrogens (tertiary/aromatic N) is 2. The van der Waals surface area contributed by atoms with Crippen LogP contribution in [0.2, 0.25) is 0 Å². The van der Waals surface area contributed by atoms with Crippen molar-refractivity contribution in [3.63, 3.8) is 0 Å². The molecule has 0 fully saturated rings. The van der Waals surface area contributed by atoms with Gasteiger partial charge in [-0.3, -0.25) is 9.78 Å². The second-order valence-corrected chi connectivity index (χ2v) is 7.69. The van der Waals surface area contributed by atoms with Gasteiger partial charge in [0.05, 0.1) is 6.42 Å². The molecule has 6 nitrogen and oxygen atoms in total. The average Bonchev–Trinajstić information content (AvgIpc) is 3.26. The zero-order chi connectivity index (χ0) is 22.5. The molecule has 0 bridgehead atoms. The van der Waals surface area contributed by atoms with E-state index >= 15 is 0 Å². The Kier molecular flexibility index (Phi) is 5.80. The van der Waals surface area contributed by atoms with E-state index in [9.17, 15) is 4.79 Å². The van der Waals surface area contributed by atoms with Gasteiger partial charge in [-0.25, -0.2) is 4.98 Å². The first-order valence-corrected chi connectivity index (χ1v) is 10.7. The molecule has 0 aliphatic heterocycles. The normalized spacial score (nSPS) is 10.8. The zero-order valence-corrected chi connectivity index (χ0v) is 17.9. The third-order valence-electron chi connectivity index (χ3n) is 5.35. The van der Waals surface area contributed by atoms with Crippen LogP contribution in [0.15, 0.2) is 97.6 Å². The molecule has 5 rings (SSSR count). The van der Waals surface area contributed by atoms with E-state index in [-0.39, 0.29) is 12.3 Å². The summed E-state index contributed by atoms with van der Waals surface area (Å²) in [5, 5.41) is 3.89. The maximum absolute atomic E-state index is 12.5. The monoisotopic (exact) mass is 434 g/mol. The molecule has 0 aliphatic carbocycles. The zero-order valence-electron chi connectivity index (χ0n) is 17.9. The summed E-state index contributed by atoms with van der Waals surface area (Å²) in [4.78, 5) is 24.3. The van der Waals surface area contributed by atoms with E-state index < -0.39 is 0 Å². The third kappa shape index (κ3) is 4.91. The Morgan fingerprint density at radius 2 is 1.73 bits per heavy atom. The smallest absolute Gasteiger partial charge is 0.224 e. The molecule has 3 aromatic heterocycles. The molecule has 0 atom stereocenters. The average molecular weight is 434 g/mol. The highest BCUT2D eigenvalue weighted by Gasteiger charge is 2.11. The van der Waals surface area contributed by atoms with Crippen LogP contribution < -0.4 is 10.1 Å². The lowest BCUT2D eigenvalue weighted by Gasteiger charge is -2.07. The van der Waals surface area contributed by atoms with Gasteiger partial charge in [0, 0.05) is 42.3 Å². The summed E-state index contributed by atoms with van der Waals surface area (Å²) in [6.45, 7) is 0.454. The van der Waals surface area contributed by atoms with Crippen LogP contribution in [-0.4, -0.2) is 20.9 Å². The van der Waals surface area contributed by atoms with Gasteiger partial charge >= 0.3 is 0 Å². The first-order valence-electron chi connectivity index (χ1n) is 10.7. The van der Waals surface area contributed by atoms with Crippen LogP contribution in [0.5, 0.6) is 11.5 Å². The lowest BCUT2D eigenvalue weighted by atomic mass is 10.0. The predicted molar refractivity (Wildman–Crippen MR) is 128 cm³/mol. The van der Waals surface area contributed by atoms with Crippen molar-refractivity contribution in [2.75, 3.05) is 0 Å². The number of aromatic amines is 1. The Hall–Kier alpha value is -4.45. The number of fused-ring (bicyclic) bond motifs is 1. The molecule has 0 saturated heterocycles. The molecule has 2 N–H and O–H groups in total. The number of hydrogen-bond donors (Lipinski definition) is 2. The molecule has 5 aromatic rings. The van der Waals surface area contributed by atoms with Crippen LogP contribution in [0, 0.1) is 0 Å². The highest BCUT2D eigenvalue weighted by Crippen LogP contribution is 2.28. The quantitative estimate of drug-likeness (QED) is 0.365. The van der Waals surface area contributed by atoms with Crippen molar-refractivity contribution in [1.29, 1.82) is 0 Å². The fraction of sp³-hybridized carbons (Fsp3) is 0.0741. The number of ether oxygens (including phenoxy) is 1. The van der Waals surface area contributed by atoms with Crippen LogP contribution in [-0.2, 0) is 17.8 Å². The summed E-state index contributed by atoms with van der Waals surface area (Å²) < 4.78 is 5.88. The largest absolute Gasteiger partial charge is 0.457 e. The number of aromatic nitrogens is 3. The van der Waals surface area contributed by atoms with E-state index in [4.69, 9.17) is 4.74 Å². The second-order valence-electron chi connectivity index (χ2n) is 7.69. The van der Waals surface area contributed by atoms with E-state index in [1.54, 1.807) is 12.4 Å². The number of amides is 1. The van der Waals surface area contributed by atoms with Crippen molar-refractivity contribution in [1.82, 2.24) is 20.3 Å². The number of carbonyl (C=O) groups excluding carboxylic acids is 1. The molecule has 3 heterocycles. The molecule has 0 aliphatic rings. The molecule has 0 radical (unpaired) electrons. The molecule has 2 aromatic carbocycles. The summed E-state index contributed by atoms with van der Waals surface area (Å²) >= 11 is 0. The number of hydrogen-bond acceptors (Lipinski definition) is 4. The molecule has 162 valence electrons. The molecular formula is C27H22N4O2. The van der Waals surface area contributed by atoms with Gasteiger partial charge in [-0.1, -0.05) is 36.4 Å². The van der Waals surface area contributed by atoms with E-state index in [1.165, 1.54) is 0 Å². The van der Waals surface area contributed by atoms with Crippen molar-refractivity contribution in [2.45, 2.75) is 13.0 Å². The molecular weight excluding hydrogens is 412 g/mol. The Bertz CT molecular complexity index is 1360. The minimum Gasteiger partial charge on any atom is -0.457 e. The van der Waals surface area contributed by atoms with Crippen molar-refractivity contribution >= 4 is 16.9 Å². The van der Waals surface area contributed by atoms with Crippen molar-refractivity contribution in [3.8, 4) is 22.6 Å². The molecule has 0 saturated carbocycles. The number of nitrogens with one attached hydrogen (secondary N) is 2. The van der Waals surface area contributed by atoms with E-state index in [0.717, 1.165) is 44.8 Å². The summed E-state index contributed by atoms with van der Waals surface area (Å²) in [6, 6.07) is 23.4. The topological polar surface area (TPSA) is 79.9 Å². The van der Waals surface area contributed by atoms with Crippen molar-refractivity contribution in [3.05, 3.63) is 109 Å². The van der Waals surface area contributed by atoms with Crippen molar-refractivity contribution in [2.24, 2.45) is 0 Å². The van der Waals surface area contributed by atoms with Crippen molar-refractivity contribution < 1.29 is 9.53 Å². The fourth-order valence-corrected chi connectivity index (χ4v) is 3.64. The molecule has 1 amide bonds. The second kappa shape index (κ2) is 9.36. The highest BCUT2D eigenvalue weighted by molar-refractivity contribution is 5.89. The van der Waals surface area contributed by atoms with Gasteiger partial charge in [0.2, 0.25) is 5.91 Å². The van der Waals surface area contributed by atoms with Gasteiger partial charge in [0.1, 0.15) is 17.1 Å². The van der Waals surface area contributed by atoms with Gasteiger partial charge < -0.3 is 15.0 Å². The minimum absolute atomic E-state index is 0.0485. The number of para-hydroxylation sites is 1. The van der Waals surface area contributed by atoms with Gasteiger partial charge in [-0.15, -0.1) is 0 Å². The Balaban J connectivity index is 1.30. The number of carbonyl (C=O) groups is 1. The first-order chi connectivity index (χ1) is 16.2. The van der Waals surface area contributed by atoms with Crippen LogP contribution in [0.3, 0.4) is 0 Å². The lowest BCUT2D eigenvalue weighted by Crippen LogP contribution is -2.24. The van der Waals surface area contributed by atoms with E-state index in [0.29, 0.717) is 6.54 Å². The SMILES string of the molecule is O=C(Cc1c[nH]c2ncc(-c3ccc(Oc4ccccc4)cc3)cc12)NCc1cccnc1. The van der Waals surface area contributed by atoms with Gasteiger partial charge in [-0.05, 0) is 53.1 Å². The van der Waals surface area contributed by atoms with Crippen LogP contribution in [0.1, 0.15) is 11.1 Å². The predicted octanol–water partition coefficient (Wildman–Crippen LogP) is 5.28. The minimum atomic E-state index is -0.0485. The molecule has 0 unspecified atom stereocenters. The maximum Gasteiger partial charge on any atom is 0.224 e. The Morgan fingerprint density at radius 1 is 0.909 bits per heavy atom. The standard InChI is InChI=1S/C27H22N4O2/c32-26(29-16-19-5-4-12-28-15-19)14-22-18-31-27-25(22)13-21(17-30-27)20-8-10-24(11-9-20)33-23-6-2-1-3-7-23/h1-13,15,17-18H,14,16H2,(H,29,32)(H,30,31). The lowest BCUT2D eigenvalue weighted by molar-refractivity contribution is -0.120. The Morgan fingerprint density at radius 3 is 2.52 bits per heavy atom. The highest BCUT2D eigenvalue weighted by atomic mass is 16.5. The maximum atomic E-state index is 12.5. The summed E-state index contributed by atoms with van der Waals surface area (Å²) in [5.74, 6) is 1.52. The molecule has 33 heavy (non-hydrogen) atoms. The van der Waals surface area contributed by atoms with Crippen LogP contribution in [0.4, 0.5) is 0 Å². The molecule has 6 heteroatoms. The van der Waals surface area contributed by atoms with E-state index in [2.05, 4.69) is 26.3 Å². The number of benzene rings is 2. The van der Waals surface area contributed by atoms with Crippen LogP contribution in [0.25, 0.3) is 22.2 Å². The third-order valence-corrected chi connectivity index (χ3v) is 5.35. The number of rotatable bonds is 7. The van der Waals surface area contributed by atoms with Gasteiger partial charge in [0.25, 0.3) is 0 Å². The first kappa shape index (κ1) is 20.5. The number of pyridine rings is 2. The fourth-order valence-electron chi connectivity index (χ4n) is 3.64. The van der Waals surface area contributed by atoms with Gasteiger partial charge in [-0.2, -0.15) is 0 Å². The van der Waals surface area contributed by atoms with Crippen LogP contribution >= 0.6 is 0 Å². The molecule has 0 spiro atoms. The summed E-state index contributed by atoms with van der Waals surface area (Å²) in [5.41, 5.74) is 4.64. The summed E-state index contributed by atoms with van der Waals surface area (Å²) in [6.07, 6.45) is 7.42. The Labute approximate surface area is 191 Å². The number of H-pyrrole nitrogens is 1. The van der Waals surface area contributed by atoms with E-state index in [1.807, 2.05) is 79.1 Å².